The fraction of sp³-hybridized carbons (Fsp3) is 0.429. The lowest BCUT2D eigenvalue weighted by molar-refractivity contribution is 0.954. The zero-order chi connectivity index (χ0) is 9.84. The van der Waals surface area contributed by atoms with Crippen LogP contribution >= 0.6 is 39.3 Å². The van der Waals surface area contributed by atoms with E-state index in [1.165, 1.54) is 11.8 Å². The molecule has 0 aromatic carbocycles. The van der Waals surface area contributed by atoms with Crippen LogP contribution < -0.4 is 5.32 Å². The maximum Gasteiger partial charge on any atom is 0.190 e. The third kappa shape index (κ3) is 2.72. The molecule has 0 radical (unpaired) electrons. The number of anilines is 1. The molecule has 0 saturated heterocycles. The summed E-state index contributed by atoms with van der Waals surface area (Å²) in [5.41, 5.74) is 0. The fourth-order valence-electron chi connectivity index (χ4n) is 0.776. The summed E-state index contributed by atoms with van der Waals surface area (Å²) in [6.07, 6.45) is 1.91. The van der Waals surface area contributed by atoms with E-state index in [-0.39, 0.29) is 0 Å². The second-order valence-corrected chi connectivity index (χ2v) is 4.12. The first-order chi connectivity index (χ1) is 6.19. The maximum absolute atomic E-state index is 5.88. The topological polar surface area (TPSA) is 37.8 Å². The zero-order valence-electron chi connectivity index (χ0n) is 7.27. The first-order valence-corrected chi connectivity index (χ1v) is 6.09. The smallest absolute Gasteiger partial charge is 0.190 e. The Morgan fingerprint density at radius 3 is 2.77 bits per heavy atom. The summed E-state index contributed by atoms with van der Waals surface area (Å²) >= 11 is 10.7. The minimum Gasteiger partial charge on any atom is -0.369 e. The summed E-state index contributed by atoms with van der Waals surface area (Å²) in [5.74, 6) is 0.742. The van der Waals surface area contributed by atoms with Gasteiger partial charge in [-0.25, -0.2) is 9.97 Å². The quantitative estimate of drug-likeness (QED) is 0.525. The van der Waals surface area contributed by atoms with Gasteiger partial charge in [-0.15, -0.1) is 0 Å². The van der Waals surface area contributed by atoms with Crippen LogP contribution in [0.2, 0.25) is 5.15 Å². The Morgan fingerprint density at radius 1 is 1.54 bits per heavy atom. The van der Waals surface area contributed by atoms with E-state index >= 15 is 0 Å². The van der Waals surface area contributed by atoms with Crippen molar-refractivity contribution >= 4 is 45.1 Å². The second kappa shape index (κ2) is 5.02. The highest BCUT2D eigenvalue weighted by molar-refractivity contribution is 9.10. The molecule has 1 N–H and O–H groups in total. The number of nitrogens with zero attached hydrogens (tertiary/aromatic N) is 2. The number of aromatic nitrogens is 2. The number of rotatable bonds is 3. The second-order valence-electron chi connectivity index (χ2n) is 2.19. The molecule has 6 heteroatoms. The van der Waals surface area contributed by atoms with Gasteiger partial charge in [-0.2, -0.15) is 0 Å². The van der Waals surface area contributed by atoms with Gasteiger partial charge in [0.25, 0.3) is 0 Å². The molecule has 1 aromatic rings. The molecule has 0 atom stereocenters. The maximum atomic E-state index is 5.88. The molecule has 0 saturated carbocycles. The van der Waals surface area contributed by atoms with Crippen LogP contribution in [0.1, 0.15) is 6.92 Å². The largest absolute Gasteiger partial charge is 0.369 e. The van der Waals surface area contributed by atoms with Crippen molar-refractivity contribution in [2.45, 2.75) is 12.1 Å². The fourth-order valence-corrected chi connectivity index (χ4v) is 1.68. The lowest BCUT2D eigenvalue weighted by Crippen LogP contribution is -2.02. The highest BCUT2D eigenvalue weighted by Crippen LogP contribution is 2.29. The number of nitrogens with one attached hydrogen (secondary N) is 1. The molecule has 1 aromatic heterocycles. The van der Waals surface area contributed by atoms with Crippen LogP contribution in [0, 0.1) is 0 Å². The molecule has 0 unspecified atom stereocenters. The summed E-state index contributed by atoms with van der Waals surface area (Å²) in [4.78, 5) is 8.32. The van der Waals surface area contributed by atoms with E-state index in [9.17, 15) is 0 Å². The summed E-state index contributed by atoms with van der Waals surface area (Å²) in [6.45, 7) is 2.81. The van der Waals surface area contributed by atoms with Crippen molar-refractivity contribution in [3.63, 3.8) is 0 Å². The summed E-state index contributed by atoms with van der Waals surface area (Å²) in [7, 11) is 0. The standard InChI is InChI=1S/C7H9BrClN3S/c1-3-10-6-4(8)5(9)11-7(12-6)13-2/h3H2,1-2H3,(H,10,11,12). The molecule has 0 bridgehead atoms. The number of hydrogen-bond donors (Lipinski definition) is 1. The van der Waals surface area contributed by atoms with Gasteiger partial charge >= 0.3 is 0 Å². The Balaban J connectivity index is 3.09. The Morgan fingerprint density at radius 2 is 2.23 bits per heavy atom. The van der Waals surface area contributed by atoms with Crippen LogP contribution in [0.4, 0.5) is 5.82 Å². The highest BCUT2D eigenvalue weighted by Gasteiger charge is 2.08. The van der Waals surface area contributed by atoms with Gasteiger partial charge in [-0.05, 0) is 29.1 Å². The van der Waals surface area contributed by atoms with Crippen LogP contribution in [-0.2, 0) is 0 Å². The van der Waals surface area contributed by atoms with Gasteiger partial charge in [0.15, 0.2) is 5.16 Å². The van der Waals surface area contributed by atoms with Crippen LogP contribution in [0.5, 0.6) is 0 Å². The SMILES string of the molecule is CCNc1nc(SC)nc(Cl)c1Br. The summed E-state index contributed by atoms with van der Waals surface area (Å²) in [5, 5.41) is 4.21. The minimum atomic E-state index is 0.440. The molecule has 0 amide bonds. The van der Waals surface area contributed by atoms with Crippen molar-refractivity contribution in [2.24, 2.45) is 0 Å². The molecule has 1 rings (SSSR count). The third-order valence-corrected chi connectivity index (χ3v) is 3.12. The van der Waals surface area contributed by atoms with E-state index in [1.54, 1.807) is 0 Å². The van der Waals surface area contributed by atoms with Gasteiger partial charge in [-0.1, -0.05) is 23.4 Å². The van der Waals surface area contributed by atoms with Gasteiger partial charge in [0, 0.05) is 6.54 Å². The lowest BCUT2D eigenvalue weighted by atomic mass is 10.5. The molecular formula is C7H9BrClN3S. The molecule has 72 valence electrons. The Kier molecular flexibility index (Phi) is 4.28. The minimum absolute atomic E-state index is 0.440. The van der Waals surface area contributed by atoms with Crippen molar-refractivity contribution in [3.8, 4) is 0 Å². The van der Waals surface area contributed by atoms with E-state index < -0.39 is 0 Å². The molecule has 13 heavy (non-hydrogen) atoms. The molecular weight excluding hydrogens is 274 g/mol. The van der Waals surface area contributed by atoms with E-state index in [0.717, 1.165) is 12.4 Å². The molecule has 0 aliphatic rings. The molecule has 0 aliphatic heterocycles. The Hall–Kier alpha value is -0.0000000000000000555. The van der Waals surface area contributed by atoms with Gasteiger partial charge in [0.2, 0.25) is 0 Å². The first-order valence-electron chi connectivity index (χ1n) is 3.70. The third-order valence-electron chi connectivity index (χ3n) is 1.32. The van der Waals surface area contributed by atoms with Crippen molar-refractivity contribution in [2.75, 3.05) is 18.1 Å². The van der Waals surface area contributed by atoms with Crippen molar-refractivity contribution in [3.05, 3.63) is 9.63 Å². The monoisotopic (exact) mass is 281 g/mol. The molecule has 0 fully saturated rings. The van der Waals surface area contributed by atoms with E-state index in [2.05, 4.69) is 31.2 Å². The van der Waals surface area contributed by atoms with Crippen LogP contribution in [0.25, 0.3) is 0 Å². The highest BCUT2D eigenvalue weighted by atomic mass is 79.9. The predicted octanol–water partition coefficient (Wildman–Crippen LogP) is 3.05. The van der Waals surface area contributed by atoms with E-state index in [4.69, 9.17) is 11.6 Å². The average molecular weight is 283 g/mol. The lowest BCUT2D eigenvalue weighted by Gasteiger charge is -2.07. The van der Waals surface area contributed by atoms with Gasteiger partial charge in [0.1, 0.15) is 11.0 Å². The number of thioether (sulfide) groups is 1. The molecule has 1 heterocycles. The summed E-state index contributed by atoms with van der Waals surface area (Å²) < 4.78 is 0.716. The van der Waals surface area contributed by atoms with Gasteiger partial charge in [0.05, 0.1) is 4.47 Å². The van der Waals surface area contributed by atoms with Crippen LogP contribution in [0.3, 0.4) is 0 Å². The van der Waals surface area contributed by atoms with Crippen molar-refractivity contribution in [1.29, 1.82) is 0 Å². The number of halogens is 2. The molecule has 3 nitrogen and oxygen atoms in total. The van der Waals surface area contributed by atoms with Gasteiger partial charge in [-0.3, -0.25) is 0 Å². The van der Waals surface area contributed by atoms with Crippen molar-refractivity contribution in [1.82, 2.24) is 9.97 Å². The first kappa shape index (κ1) is 11.1. The van der Waals surface area contributed by atoms with Crippen LogP contribution in [0.15, 0.2) is 9.63 Å². The Labute approximate surface area is 94.8 Å². The number of hydrogen-bond acceptors (Lipinski definition) is 4. The van der Waals surface area contributed by atoms with E-state index in [1.807, 2.05) is 13.2 Å². The summed E-state index contributed by atoms with van der Waals surface area (Å²) in [6, 6.07) is 0. The molecule has 0 aliphatic carbocycles. The predicted molar refractivity (Wildman–Crippen MR) is 60.7 cm³/mol. The zero-order valence-corrected chi connectivity index (χ0v) is 10.4. The average Bonchev–Trinajstić information content (AvgIpc) is 2.13. The van der Waals surface area contributed by atoms with E-state index in [0.29, 0.717) is 14.8 Å². The Bertz CT molecular complexity index is 308. The molecule has 0 spiro atoms. The van der Waals surface area contributed by atoms with Crippen molar-refractivity contribution < 1.29 is 0 Å². The van der Waals surface area contributed by atoms with Crippen LogP contribution in [-0.4, -0.2) is 22.8 Å². The normalized spacial score (nSPS) is 10.2. The van der Waals surface area contributed by atoms with Gasteiger partial charge < -0.3 is 5.32 Å².